The summed E-state index contributed by atoms with van der Waals surface area (Å²) >= 11 is 0. The summed E-state index contributed by atoms with van der Waals surface area (Å²) in [5.41, 5.74) is 1.53. The van der Waals surface area contributed by atoms with Crippen LogP contribution in [0.25, 0.3) is 0 Å². The van der Waals surface area contributed by atoms with E-state index in [2.05, 4.69) is 0 Å². The van der Waals surface area contributed by atoms with Crippen molar-refractivity contribution in [1.82, 2.24) is 0 Å². The number of ether oxygens (including phenoxy) is 3. The maximum Gasteiger partial charge on any atom is 0.172 e. The molecule has 0 radical (unpaired) electrons. The summed E-state index contributed by atoms with van der Waals surface area (Å²) in [7, 11) is 4.67. The first-order chi connectivity index (χ1) is 7.72. The highest BCUT2D eigenvalue weighted by atomic mass is 16.5. The predicted molar refractivity (Wildman–Crippen MR) is 58.7 cm³/mol. The fraction of sp³-hybridized carbons (Fsp3) is 0.417. The summed E-state index contributed by atoms with van der Waals surface area (Å²) in [6, 6.07) is 1.76. The Morgan fingerprint density at radius 3 is 2.25 bits per heavy atom. The Balaban J connectivity index is 2.70. The van der Waals surface area contributed by atoms with Crippen LogP contribution in [0.5, 0.6) is 17.2 Å². The van der Waals surface area contributed by atoms with E-state index in [-0.39, 0.29) is 5.78 Å². The molecule has 1 aliphatic carbocycles. The number of carbonyl (C=O) groups excluding carboxylic acids is 1. The van der Waals surface area contributed by atoms with E-state index in [1.807, 2.05) is 0 Å². The fourth-order valence-electron chi connectivity index (χ4n) is 2.10. The van der Waals surface area contributed by atoms with Gasteiger partial charge in [0.25, 0.3) is 0 Å². The summed E-state index contributed by atoms with van der Waals surface area (Å²) in [6.07, 6.45) is 1.22. The predicted octanol–water partition coefficient (Wildman–Crippen LogP) is 1.84. The molecule has 0 amide bonds. The number of fused-ring (bicyclic) bond motifs is 1. The highest BCUT2D eigenvalue weighted by molar-refractivity contribution is 6.04. The molecule has 1 aliphatic rings. The molecule has 0 aromatic heterocycles. The molecule has 0 atom stereocenters. The largest absolute Gasteiger partial charge is 0.496 e. The van der Waals surface area contributed by atoms with E-state index in [0.717, 1.165) is 5.56 Å². The summed E-state index contributed by atoms with van der Waals surface area (Å²) in [4.78, 5) is 11.8. The second-order valence-corrected chi connectivity index (χ2v) is 3.59. The molecule has 0 spiro atoms. The Labute approximate surface area is 94.1 Å². The molecule has 16 heavy (non-hydrogen) atoms. The maximum absolute atomic E-state index is 11.8. The molecule has 0 unspecified atom stereocenters. The van der Waals surface area contributed by atoms with Crippen LogP contribution in [-0.4, -0.2) is 27.1 Å². The molecular weight excluding hydrogens is 208 g/mol. The Hall–Kier alpha value is -1.71. The van der Waals surface area contributed by atoms with E-state index >= 15 is 0 Å². The molecule has 0 saturated carbocycles. The van der Waals surface area contributed by atoms with Gasteiger partial charge in [0.2, 0.25) is 0 Å². The number of Topliss-reactive ketones (excluding diaryl/α,β-unsaturated/α-hetero) is 1. The number of hydrogen-bond donors (Lipinski definition) is 0. The van der Waals surface area contributed by atoms with Gasteiger partial charge in [0.1, 0.15) is 5.75 Å². The smallest absolute Gasteiger partial charge is 0.172 e. The van der Waals surface area contributed by atoms with Crippen molar-refractivity contribution >= 4 is 5.78 Å². The third-order valence-electron chi connectivity index (χ3n) is 2.84. The number of rotatable bonds is 3. The van der Waals surface area contributed by atoms with Crippen molar-refractivity contribution in [2.45, 2.75) is 12.8 Å². The Kier molecular flexibility index (Phi) is 2.73. The van der Waals surface area contributed by atoms with E-state index in [0.29, 0.717) is 35.7 Å². The van der Waals surface area contributed by atoms with Gasteiger partial charge >= 0.3 is 0 Å². The Bertz CT molecular complexity index is 437. The molecule has 0 N–H and O–H groups in total. The minimum Gasteiger partial charge on any atom is -0.496 e. The number of ketones is 1. The topological polar surface area (TPSA) is 44.8 Å². The highest BCUT2D eigenvalue weighted by Gasteiger charge is 2.29. The first kappa shape index (κ1) is 10.8. The summed E-state index contributed by atoms with van der Waals surface area (Å²) in [5.74, 6) is 1.83. The quantitative estimate of drug-likeness (QED) is 0.782. The van der Waals surface area contributed by atoms with E-state index in [1.165, 1.54) is 7.11 Å². The summed E-state index contributed by atoms with van der Waals surface area (Å²) in [6.45, 7) is 0. The zero-order chi connectivity index (χ0) is 11.7. The molecule has 4 heteroatoms. The average Bonchev–Trinajstić information content (AvgIpc) is 2.70. The van der Waals surface area contributed by atoms with E-state index in [1.54, 1.807) is 20.3 Å². The van der Waals surface area contributed by atoms with Crippen LogP contribution < -0.4 is 14.2 Å². The van der Waals surface area contributed by atoms with Crippen LogP contribution in [0, 0.1) is 0 Å². The first-order valence-corrected chi connectivity index (χ1v) is 5.08. The molecule has 0 bridgehead atoms. The lowest BCUT2D eigenvalue weighted by Crippen LogP contribution is -2.01. The second-order valence-electron chi connectivity index (χ2n) is 3.59. The molecular formula is C12H14O4. The standard InChI is InChI=1S/C12H14O4/c1-14-9-6-10(15-2)12(16-3)11-7(9)4-5-8(11)13/h6H,4-5H2,1-3H3. The van der Waals surface area contributed by atoms with E-state index < -0.39 is 0 Å². The van der Waals surface area contributed by atoms with Crippen LogP contribution >= 0.6 is 0 Å². The van der Waals surface area contributed by atoms with Crippen molar-refractivity contribution in [3.05, 3.63) is 17.2 Å². The van der Waals surface area contributed by atoms with Crippen molar-refractivity contribution in [1.29, 1.82) is 0 Å². The average molecular weight is 222 g/mol. The van der Waals surface area contributed by atoms with Crippen molar-refractivity contribution in [3.63, 3.8) is 0 Å². The van der Waals surface area contributed by atoms with Crippen LogP contribution in [0.15, 0.2) is 6.07 Å². The van der Waals surface area contributed by atoms with Gasteiger partial charge in [-0.1, -0.05) is 0 Å². The van der Waals surface area contributed by atoms with Crippen molar-refractivity contribution in [3.8, 4) is 17.2 Å². The number of benzene rings is 1. The minimum atomic E-state index is 0.0871. The first-order valence-electron chi connectivity index (χ1n) is 5.08. The molecule has 0 saturated heterocycles. The van der Waals surface area contributed by atoms with Crippen molar-refractivity contribution in [2.75, 3.05) is 21.3 Å². The molecule has 0 aliphatic heterocycles. The van der Waals surface area contributed by atoms with Gasteiger partial charge in [-0.25, -0.2) is 0 Å². The maximum atomic E-state index is 11.8. The van der Waals surface area contributed by atoms with Gasteiger partial charge in [-0.05, 0) is 6.42 Å². The van der Waals surface area contributed by atoms with Gasteiger partial charge in [0, 0.05) is 18.1 Å². The minimum absolute atomic E-state index is 0.0871. The molecule has 86 valence electrons. The van der Waals surface area contributed by atoms with Gasteiger partial charge < -0.3 is 14.2 Å². The van der Waals surface area contributed by atoms with Gasteiger partial charge in [0.05, 0.1) is 26.9 Å². The summed E-state index contributed by atoms with van der Waals surface area (Å²) < 4.78 is 15.7. The fourth-order valence-corrected chi connectivity index (χ4v) is 2.10. The van der Waals surface area contributed by atoms with Crippen molar-refractivity contribution < 1.29 is 19.0 Å². The lowest BCUT2D eigenvalue weighted by Gasteiger charge is -2.14. The number of carbonyl (C=O) groups is 1. The van der Waals surface area contributed by atoms with Gasteiger partial charge in [0.15, 0.2) is 17.3 Å². The van der Waals surface area contributed by atoms with Crippen LogP contribution in [-0.2, 0) is 6.42 Å². The lowest BCUT2D eigenvalue weighted by molar-refractivity contribution is 0.0991. The van der Waals surface area contributed by atoms with Gasteiger partial charge in [-0.3, -0.25) is 4.79 Å². The Morgan fingerprint density at radius 1 is 1.00 bits per heavy atom. The summed E-state index contributed by atoms with van der Waals surface area (Å²) in [5, 5.41) is 0. The van der Waals surface area contributed by atoms with Crippen molar-refractivity contribution in [2.24, 2.45) is 0 Å². The van der Waals surface area contributed by atoms with Crippen LogP contribution in [0.4, 0.5) is 0 Å². The van der Waals surface area contributed by atoms with E-state index in [4.69, 9.17) is 14.2 Å². The third kappa shape index (κ3) is 1.41. The highest BCUT2D eigenvalue weighted by Crippen LogP contribution is 2.43. The monoisotopic (exact) mass is 222 g/mol. The number of methoxy groups -OCH3 is 3. The second kappa shape index (κ2) is 4.04. The molecule has 2 rings (SSSR count). The SMILES string of the molecule is COc1cc(OC)c(OC)c2c1CCC2=O. The molecule has 4 nitrogen and oxygen atoms in total. The third-order valence-corrected chi connectivity index (χ3v) is 2.84. The molecule has 1 aromatic carbocycles. The molecule has 0 fully saturated rings. The van der Waals surface area contributed by atoms with Crippen LogP contribution in [0.1, 0.15) is 22.3 Å². The number of hydrogen-bond acceptors (Lipinski definition) is 4. The zero-order valence-corrected chi connectivity index (χ0v) is 9.62. The zero-order valence-electron chi connectivity index (χ0n) is 9.62. The van der Waals surface area contributed by atoms with E-state index in [9.17, 15) is 4.79 Å². The van der Waals surface area contributed by atoms with Crippen LogP contribution in [0.2, 0.25) is 0 Å². The van der Waals surface area contributed by atoms with Crippen LogP contribution in [0.3, 0.4) is 0 Å². The normalized spacial score (nSPS) is 13.6. The van der Waals surface area contributed by atoms with Gasteiger partial charge in [-0.2, -0.15) is 0 Å². The molecule has 1 aromatic rings. The van der Waals surface area contributed by atoms with Gasteiger partial charge in [-0.15, -0.1) is 0 Å². The Morgan fingerprint density at radius 2 is 1.69 bits per heavy atom. The lowest BCUT2D eigenvalue weighted by atomic mass is 10.1. The molecule has 0 heterocycles.